The molecule has 2 aliphatic rings. The summed E-state index contributed by atoms with van der Waals surface area (Å²) in [7, 11) is 0. The molecule has 2 heterocycles. The molecule has 16 heavy (non-hydrogen) atoms. The van der Waals surface area contributed by atoms with Crippen molar-refractivity contribution in [2.45, 2.75) is 11.8 Å². The number of para-hydroxylation sites is 1. The van der Waals surface area contributed by atoms with Gasteiger partial charge in [0.25, 0.3) is 0 Å². The number of fused-ring (bicyclic) bond motifs is 2. The zero-order valence-electron chi connectivity index (χ0n) is 8.36. The minimum atomic E-state index is -0.726. The van der Waals surface area contributed by atoms with Gasteiger partial charge >= 0.3 is 0 Å². The van der Waals surface area contributed by atoms with Crippen LogP contribution in [0.4, 0.5) is 0 Å². The topological polar surface area (TPSA) is 55.4 Å². The van der Waals surface area contributed by atoms with Gasteiger partial charge in [0, 0.05) is 12.0 Å². The highest BCUT2D eigenvalue weighted by molar-refractivity contribution is 7.95. The maximum absolute atomic E-state index is 11.9. The highest BCUT2D eigenvalue weighted by atomic mass is 32.2. The van der Waals surface area contributed by atoms with Crippen LogP contribution in [0.1, 0.15) is 12.0 Å². The van der Waals surface area contributed by atoms with E-state index in [4.69, 9.17) is 4.18 Å². The fraction of sp³-hybridized carbons (Fsp3) is 0.273. The quantitative estimate of drug-likeness (QED) is 0.538. The number of rotatable bonds is 0. The van der Waals surface area contributed by atoms with Gasteiger partial charge in [-0.05, 0) is 6.07 Å². The number of nitrogens with one attached hydrogen (secondary N) is 1. The Kier molecular flexibility index (Phi) is 1.97. The molecule has 1 aromatic carbocycles. The van der Waals surface area contributed by atoms with Crippen molar-refractivity contribution in [3.05, 3.63) is 29.8 Å². The Morgan fingerprint density at radius 2 is 2.12 bits per heavy atom. The molecule has 1 spiro atoms. The number of benzene rings is 1. The van der Waals surface area contributed by atoms with Crippen molar-refractivity contribution in [2.75, 3.05) is 5.75 Å². The standard InChI is InChI=1S/C11H9NO3S/c13-9-5-11(10(14)12-9)6-16-15-8-4-2-1-3-7(8)11/h1-4H,5-6H2,(H,12,13,14). The maximum atomic E-state index is 11.9. The molecule has 1 saturated heterocycles. The van der Waals surface area contributed by atoms with Gasteiger partial charge in [0.05, 0.1) is 23.2 Å². The summed E-state index contributed by atoms with van der Waals surface area (Å²) in [5, 5.41) is 2.37. The normalized spacial score (nSPS) is 27.5. The molecule has 2 amide bonds. The first-order valence-electron chi connectivity index (χ1n) is 4.96. The molecule has 0 bridgehead atoms. The number of amides is 2. The Morgan fingerprint density at radius 3 is 2.88 bits per heavy atom. The molecule has 82 valence electrons. The van der Waals surface area contributed by atoms with Crippen molar-refractivity contribution in [3.63, 3.8) is 0 Å². The summed E-state index contributed by atoms with van der Waals surface area (Å²) in [4.78, 5) is 23.3. The first-order chi connectivity index (χ1) is 7.72. The predicted octanol–water partition coefficient (Wildman–Crippen LogP) is 1.01. The Labute approximate surface area is 96.6 Å². The molecule has 5 heteroatoms. The van der Waals surface area contributed by atoms with Gasteiger partial charge in [0.1, 0.15) is 5.75 Å². The molecule has 3 rings (SSSR count). The van der Waals surface area contributed by atoms with E-state index in [1.54, 1.807) is 0 Å². The van der Waals surface area contributed by atoms with Crippen molar-refractivity contribution in [1.82, 2.24) is 5.32 Å². The van der Waals surface area contributed by atoms with Crippen molar-refractivity contribution in [2.24, 2.45) is 0 Å². The van der Waals surface area contributed by atoms with Gasteiger partial charge in [-0.25, -0.2) is 0 Å². The van der Waals surface area contributed by atoms with Crippen LogP contribution in [0.25, 0.3) is 0 Å². The summed E-state index contributed by atoms with van der Waals surface area (Å²) in [5.74, 6) is 0.758. The molecule has 1 fully saturated rings. The molecular weight excluding hydrogens is 226 g/mol. The van der Waals surface area contributed by atoms with Gasteiger partial charge < -0.3 is 4.18 Å². The molecule has 0 radical (unpaired) electrons. The molecule has 0 aromatic heterocycles. The van der Waals surface area contributed by atoms with Crippen LogP contribution in [0.15, 0.2) is 24.3 Å². The summed E-state index contributed by atoms with van der Waals surface area (Å²) in [5.41, 5.74) is 0.0912. The highest BCUT2D eigenvalue weighted by Crippen LogP contribution is 2.45. The van der Waals surface area contributed by atoms with E-state index in [2.05, 4.69) is 5.32 Å². The minimum absolute atomic E-state index is 0.206. The smallest absolute Gasteiger partial charge is 0.238 e. The van der Waals surface area contributed by atoms with Gasteiger partial charge in [0.2, 0.25) is 11.8 Å². The summed E-state index contributed by atoms with van der Waals surface area (Å²) >= 11 is 1.23. The average Bonchev–Trinajstić information content (AvgIpc) is 2.55. The monoisotopic (exact) mass is 235 g/mol. The molecule has 1 N–H and O–H groups in total. The zero-order valence-corrected chi connectivity index (χ0v) is 9.17. The molecule has 2 aliphatic heterocycles. The van der Waals surface area contributed by atoms with Crippen LogP contribution in [-0.2, 0) is 15.0 Å². The Bertz CT molecular complexity index is 488. The van der Waals surface area contributed by atoms with Gasteiger partial charge in [0.15, 0.2) is 0 Å². The molecule has 1 atom stereocenters. The van der Waals surface area contributed by atoms with Crippen LogP contribution < -0.4 is 9.50 Å². The SMILES string of the molecule is O=C1CC2(CSOc3ccccc32)C(=O)N1. The number of carbonyl (C=O) groups excluding carboxylic acids is 2. The van der Waals surface area contributed by atoms with Crippen molar-refractivity contribution in [1.29, 1.82) is 0 Å². The van der Waals surface area contributed by atoms with E-state index in [-0.39, 0.29) is 18.2 Å². The van der Waals surface area contributed by atoms with Gasteiger partial charge in [-0.15, -0.1) is 0 Å². The molecule has 0 aliphatic carbocycles. The second-order valence-corrected chi connectivity index (χ2v) is 4.67. The highest BCUT2D eigenvalue weighted by Gasteiger charge is 2.51. The molecule has 1 aromatic rings. The van der Waals surface area contributed by atoms with E-state index < -0.39 is 5.41 Å². The average molecular weight is 235 g/mol. The Morgan fingerprint density at radius 1 is 1.31 bits per heavy atom. The van der Waals surface area contributed by atoms with E-state index >= 15 is 0 Å². The maximum Gasteiger partial charge on any atom is 0.238 e. The lowest BCUT2D eigenvalue weighted by Crippen LogP contribution is -2.40. The summed E-state index contributed by atoms with van der Waals surface area (Å²) in [6.07, 6.45) is 0.221. The number of imide groups is 1. The van der Waals surface area contributed by atoms with Crippen LogP contribution in [-0.4, -0.2) is 17.6 Å². The predicted molar refractivity (Wildman–Crippen MR) is 59.0 cm³/mol. The van der Waals surface area contributed by atoms with E-state index in [1.165, 1.54) is 12.0 Å². The first kappa shape index (κ1) is 9.72. The van der Waals surface area contributed by atoms with Crippen LogP contribution in [0, 0.1) is 0 Å². The molecule has 0 saturated carbocycles. The lowest BCUT2D eigenvalue weighted by Gasteiger charge is -2.30. The summed E-state index contributed by atoms with van der Waals surface area (Å²) in [6, 6.07) is 7.38. The van der Waals surface area contributed by atoms with E-state index in [1.807, 2.05) is 24.3 Å². The Balaban J connectivity index is 2.17. The third-order valence-corrected chi connectivity index (χ3v) is 3.91. The molecular formula is C11H9NO3S. The van der Waals surface area contributed by atoms with Gasteiger partial charge in [-0.1, -0.05) is 18.2 Å². The minimum Gasteiger partial charge on any atom is -0.425 e. The summed E-state index contributed by atoms with van der Waals surface area (Å²) in [6.45, 7) is 0. The number of carbonyl (C=O) groups is 2. The lowest BCUT2D eigenvalue weighted by molar-refractivity contribution is -0.126. The van der Waals surface area contributed by atoms with Gasteiger partial charge in [-0.2, -0.15) is 0 Å². The van der Waals surface area contributed by atoms with Crippen molar-refractivity contribution >= 4 is 23.9 Å². The first-order valence-corrected chi connectivity index (χ1v) is 5.87. The third-order valence-electron chi connectivity index (χ3n) is 3.01. The van der Waals surface area contributed by atoms with Crippen LogP contribution in [0.5, 0.6) is 5.75 Å². The van der Waals surface area contributed by atoms with Gasteiger partial charge in [-0.3, -0.25) is 14.9 Å². The van der Waals surface area contributed by atoms with Crippen LogP contribution in [0.2, 0.25) is 0 Å². The molecule has 4 nitrogen and oxygen atoms in total. The fourth-order valence-electron chi connectivity index (χ4n) is 2.18. The van der Waals surface area contributed by atoms with Crippen LogP contribution in [0.3, 0.4) is 0 Å². The summed E-state index contributed by atoms with van der Waals surface area (Å²) < 4.78 is 5.42. The second kappa shape index (κ2) is 3.25. The number of hydrogen-bond donors (Lipinski definition) is 1. The largest absolute Gasteiger partial charge is 0.425 e. The van der Waals surface area contributed by atoms with E-state index in [0.29, 0.717) is 11.5 Å². The lowest BCUT2D eigenvalue weighted by atomic mass is 9.80. The van der Waals surface area contributed by atoms with Crippen LogP contribution >= 0.6 is 12.0 Å². The number of hydrogen-bond acceptors (Lipinski definition) is 4. The Hall–Kier alpha value is -1.49. The third kappa shape index (κ3) is 1.18. The second-order valence-electron chi connectivity index (χ2n) is 3.98. The van der Waals surface area contributed by atoms with Crippen molar-refractivity contribution < 1.29 is 13.8 Å². The molecule has 1 unspecified atom stereocenters. The van der Waals surface area contributed by atoms with Crippen molar-refractivity contribution in [3.8, 4) is 5.75 Å². The van der Waals surface area contributed by atoms with E-state index in [0.717, 1.165) is 5.56 Å². The fourth-order valence-corrected chi connectivity index (χ4v) is 3.11. The van der Waals surface area contributed by atoms with E-state index in [9.17, 15) is 9.59 Å². The zero-order chi connectivity index (χ0) is 11.2.